The van der Waals surface area contributed by atoms with Gasteiger partial charge in [0.2, 0.25) is 0 Å². The second kappa shape index (κ2) is 5.39. The summed E-state index contributed by atoms with van der Waals surface area (Å²) in [6.45, 7) is 5.73. The first-order valence-corrected chi connectivity index (χ1v) is 7.82. The zero-order valence-corrected chi connectivity index (χ0v) is 13.6. The Labute approximate surface area is 128 Å². The van der Waals surface area contributed by atoms with Gasteiger partial charge in [-0.25, -0.2) is 9.78 Å². The van der Waals surface area contributed by atoms with Gasteiger partial charge in [0.05, 0.1) is 0 Å². The van der Waals surface area contributed by atoms with Crippen molar-refractivity contribution in [2.45, 2.75) is 38.6 Å². The minimum atomic E-state index is -0.266. The van der Waals surface area contributed by atoms with Crippen molar-refractivity contribution < 1.29 is 0 Å². The van der Waals surface area contributed by atoms with Gasteiger partial charge < -0.3 is 9.88 Å². The molecule has 0 saturated carbocycles. The van der Waals surface area contributed by atoms with E-state index in [4.69, 9.17) is 0 Å². The monoisotopic (exact) mass is 305 g/mol. The van der Waals surface area contributed by atoms with Crippen LogP contribution in [0.5, 0.6) is 0 Å². The Bertz CT molecular complexity index is 821. The number of nitrogens with zero attached hydrogens (tertiary/aromatic N) is 4. The highest BCUT2D eigenvalue weighted by Crippen LogP contribution is 2.19. The average molecular weight is 305 g/mol. The third kappa shape index (κ3) is 2.11. The molecule has 0 aliphatic carbocycles. The summed E-state index contributed by atoms with van der Waals surface area (Å²) in [6.07, 6.45) is 1.60. The molecule has 1 aliphatic rings. The Morgan fingerprint density at radius 2 is 1.77 bits per heavy atom. The normalized spacial score (nSPS) is 16.8. The lowest BCUT2D eigenvalue weighted by molar-refractivity contribution is 0.347. The van der Waals surface area contributed by atoms with Gasteiger partial charge >= 0.3 is 5.69 Å². The fourth-order valence-electron chi connectivity index (χ4n) is 3.33. The van der Waals surface area contributed by atoms with Crippen molar-refractivity contribution in [3.05, 3.63) is 26.7 Å². The SMILES string of the molecule is CC(C)c1nc2c(c(=O)n(C3CCNCC3)c(=O)n2C)n1C. The van der Waals surface area contributed by atoms with Crippen LogP contribution in [0.4, 0.5) is 0 Å². The second-order valence-corrected chi connectivity index (χ2v) is 6.35. The molecule has 3 heterocycles. The summed E-state index contributed by atoms with van der Waals surface area (Å²) in [4.78, 5) is 30.1. The van der Waals surface area contributed by atoms with Crippen molar-refractivity contribution in [3.8, 4) is 0 Å². The summed E-state index contributed by atoms with van der Waals surface area (Å²) in [6, 6.07) is -0.0331. The van der Waals surface area contributed by atoms with Crippen molar-refractivity contribution in [2.24, 2.45) is 14.1 Å². The molecule has 120 valence electrons. The Kier molecular flexibility index (Phi) is 3.68. The zero-order chi connectivity index (χ0) is 16.0. The van der Waals surface area contributed by atoms with E-state index in [1.54, 1.807) is 7.05 Å². The number of piperidine rings is 1. The lowest BCUT2D eigenvalue weighted by atomic mass is 10.1. The second-order valence-electron chi connectivity index (χ2n) is 6.35. The summed E-state index contributed by atoms with van der Waals surface area (Å²) in [5.41, 5.74) is 0.514. The molecule has 0 atom stereocenters. The summed E-state index contributed by atoms with van der Waals surface area (Å²) < 4.78 is 4.76. The third-order valence-electron chi connectivity index (χ3n) is 4.53. The van der Waals surface area contributed by atoms with Crippen LogP contribution in [-0.4, -0.2) is 31.8 Å². The lowest BCUT2D eigenvalue weighted by Gasteiger charge is -2.24. The van der Waals surface area contributed by atoms with Crippen LogP contribution in [0.15, 0.2) is 9.59 Å². The maximum atomic E-state index is 12.9. The summed E-state index contributed by atoms with van der Waals surface area (Å²) in [7, 11) is 3.54. The highest BCUT2D eigenvalue weighted by atomic mass is 16.2. The predicted molar refractivity (Wildman–Crippen MR) is 85.4 cm³/mol. The van der Waals surface area contributed by atoms with Gasteiger partial charge in [-0.15, -0.1) is 0 Å². The quantitative estimate of drug-likeness (QED) is 0.876. The Balaban J connectivity index is 2.33. The van der Waals surface area contributed by atoms with Crippen LogP contribution in [0.3, 0.4) is 0 Å². The molecule has 1 N–H and O–H groups in total. The van der Waals surface area contributed by atoms with E-state index < -0.39 is 0 Å². The van der Waals surface area contributed by atoms with Crippen LogP contribution < -0.4 is 16.6 Å². The van der Waals surface area contributed by atoms with Gasteiger partial charge in [-0.3, -0.25) is 13.9 Å². The number of fused-ring (bicyclic) bond motifs is 1. The van der Waals surface area contributed by atoms with Crippen molar-refractivity contribution in [1.29, 1.82) is 0 Å². The number of aryl methyl sites for hydroxylation is 2. The molecule has 1 saturated heterocycles. The highest BCUT2D eigenvalue weighted by molar-refractivity contribution is 5.71. The summed E-state index contributed by atoms with van der Waals surface area (Å²) >= 11 is 0. The number of hydrogen-bond acceptors (Lipinski definition) is 4. The molecule has 3 rings (SSSR count). The third-order valence-corrected chi connectivity index (χ3v) is 4.53. The van der Waals surface area contributed by atoms with Gasteiger partial charge in [-0.05, 0) is 25.9 Å². The molecule has 0 bridgehead atoms. The van der Waals surface area contributed by atoms with E-state index in [1.165, 1.54) is 9.13 Å². The molecular formula is C15H23N5O2. The van der Waals surface area contributed by atoms with Gasteiger partial charge in [-0.2, -0.15) is 0 Å². The van der Waals surface area contributed by atoms with E-state index in [1.807, 2.05) is 25.5 Å². The minimum absolute atomic E-state index is 0.0331. The number of nitrogens with one attached hydrogen (secondary N) is 1. The fraction of sp³-hybridized carbons (Fsp3) is 0.667. The smallest absolute Gasteiger partial charge is 0.325 e. The lowest BCUT2D eigenvalue weighted by Crippen LogP contribution is -2.44. The van der Waals surface area contributed by atoms with Crippen LogP contribution in [-0.2, 0) is 14.1 Å². The standard InChI is InChI=1S/C15H23N5O2/c1-9(2)12-17-13-11(18(12)3)14(21)20(15(22)19(13)4)10-5-7-16-8-6-10/h9-10,16H,5-8H2,1-4H3. The van der Waals surface area contributed by atoms with Gasteiger partial charge in [0.1, 0.15) is 5.82 Å². The molecule has 22 heavy (non-hydrogen) atoms. The molecule has 0 spiro atoms. The van der Waals surface area contributed by atoms with E-state index in [0.29, 0.717) is 11.2 Å². The first kappa shape index (κ1) is 15.0. The van der Waals surface area contributed by atoms with E-state index in [-0.39, 0.29) is 23.2 Å². The number of imidazole rings is 1. The average Bonchev–Trinajstić information content (AvgIpc) is 2.84. The Morgan fingerprint density at radius 3 is 2.36 bits per heavy atom. The molecule has 2 aromatic rings. The highest BCUT2D eigenvalue weighted by Gasteiger charge is 2.24. The van der Waals surface area contributed by atoms with Crippen molar-refractivity contribution in [3.63, 3.8) is 0 Å². The van der Waals surface area contributed by atoms with Gasteiger partial charge in [0, 0.05) is 26.1 Å². The van der Waals surface area contributed by atoms with Crippen molar-refractivity contribution in [2.75, 3.05) is 13.1 Å². The van der Waals surface area contributed by atoms with Crippen molar-refractivity contribution >= 4 is 11.2 Å². The molecule has 0 radical (unpaired) electrons. The minimum Gasteiger partial charge on any atom is -0.325 e. The van der Waals surface area contributed by atoms with Crippen LogP contribution in [0.2, 0.25) is 0 Å². The first-order valence-electron chi connectivity index (χ1n) is 7.82. The van der Waals surface area contributed by atoms with Crippen LogP contribution >= 0.6 is 0 Å². The maximum absolute atomic E-state index is 12.9. The number of rotatable bonds is 2. The first-order chi connectivity index (χ1) is 10.4. The number of aromatic nitrogens is 4. The molecule has 0 amide bonds. The molecule has 1 fully saturated rings. The molecule has 0 aromatic carbocycles. The molecule has 2 aromatic heterocycles. The van der Waals surface area contributed by atoms with E-state index in [9.17, 15) is 9.59 Å². The number of hydrogen-bond donors (Lipinski definition) is 1. The van der Waals surface area contributed by atoms with E-state index in [2.05, 4.69) is 10.3 Å². The van der Waals surface area contributed by atoms with E-state index >= 15 is 0 Å². The van der Waals surface area contributed by atoms with Crippen LogP contribution in [0.25, 0.3) is 11.2 Å². The molecular weight excluding hydrogens is 282 g/mol. The molecule has 7 nitrogen and oxygen atoms in total. The molecule has 7 heteroatoms. The van der Waals surface area contributed by atoms with Gasteiger partial charge in [-0.1, -0.05) is 13.8 Å². The molecule has 0 unspecified atom stereocenters. The fourth-order valence-corrected chi connectivity index (χ4v) is 3.33. The molecule has 1 aliphatic heterocycles. The summed E-state index contributed by atoms with van der Waals surface area (Å²) in [5, 5.41) is 3.26. The maximum Gasteiger partial charge on any atom is 0.332 e. The van der Waals surface area contributed by atoms with Crippen molar-refractivity contribution in [1.82, 2.24) is 24.0 Å². The predicted octanol–water partition coefficient (Wildman–Crippen LogP) is 0.482. The van der Waals surface area contributed by atoms with Crippen LogP contribution in [0, 0.1) is 0 Å². The Morgan fingerprint density at radius 1 is 1.14 bits per heavy atom. The van der Waals surface area contributed by atoms with Crippen LogP contribution in [0.1, 0.15) is 44.5 Å². The topological polar surface area (TPSA) is 73.8 Å². The summed E-state index contributed by atoms with van der Waals surface area (Å²) in [5.74, 6) is 1.02. The van der Waals surface area contributed by atoms with E-state index in [0.717, 1.165) is 31.8 Å². The Hall–Kier alpha value is -1.89. The van der Waals surface area contributed by atoms with Gasteiger partial charge in [0.15, 0.2) is 11.2 Å². The largest absolute Gasteiger partial charge is 0.332 e. The zero-order valence-electron chi connectivity index (χ0n) is 13.6. The van der Waals surface area contributed by atoms with Gasteiger partial charge in [0.25, 0.3) is 5.56 Å².